The molecule has 21 heavy (non-hydrogen) atoms. The van der Waals surface area contributed by atoms with Crippen LogP contribution >= 0.6 is 12.4 Å². The van der Waals surface area contributed by atoms with E-state index in [0.29, 0.717) is 6.04 Å². The van der Waals surface area contributed by atoms with E-state index in [1.54, 1.807) is 0 Å². The third kappa shape index (κ3) is 3.23. The molecule has 1 aliphatic heterocycles. The van der Waals surface area contributed by atoms with E-state index in [0.717, 1.165) is 18.2 Å². The van der Waals surface area contributed by atoms with Gasteiger partial charge in [0.2, 0.25) is 0 Å². The molecule has 0 bridgehead atoms. The Labute approximate surface area is 132 Å². The van der Waals surface area contributed by atoms with Gasteiger partial charge in [0.1, 0.15) is 5.65 Å². The number of rotatable bonds is 5. The van der Waals surface area contributed by atoms with Crippen molar-refractivity contribution in [3.8, 4) is 0 Å². The second kappa shape index (κ2) is 6.34. The highest BCUT2D eigenvalue weighted by Gasteiger charge is 2.31. The van der Waals surface area contributed by atoms with Crippen LogP contribution in [-0.4, -0.2) is 39.5 Å². The summed E-state index contributed by atoms with van der Waals surface area (Å²) in [6.45, 7) is 3.40. The molecule has 1 saturated heterocycles. The summed E-state index contributed by atoms with van der Waals surface area (Å²) < 4.78 is 2.22. The van der Waals surface area contributed by atoms with Crippen LogP contribution in [-0.2, 0) is 6.54 Å². The van der Waals surface area contributed by atoms with Crippen molar-refractivity contribution >= 4 is 18.1 Å². The predicted octanol–water partition coefficient (Wildman–Crippen LogP) is 2.47. The first kappa shape index (κ1) is 14.8. The second-order valence-electron chi connectivity index (χ2n) is 6.13. The first-order valence-electron chi connectivity index (χ1n) is 7.78. The van der Waals surface area contributed by atoms with Crippen molar-refractivity contribution in [2.24, 2.45) is 0 Å². The second-order valence-corrected chi connectivity index (χ2v) is 6.13. The maximum atomic E-state index is 4.50. The highest BCUT2D eigenvalue weighted by molar-refractivity contribution is 5.85. The van der Waals surface area contributed by atoms with Gasteiger partial charge in [0, 0.05) is 31.4 Å². The van der Waals surface area contributed by atoms with Gasteiger partial charge in [0.25, 0.3) is 0 Å². The molecule has 0 amide bonds. The Balaban J connectivity index is 0.00000132. The fourth-order valence-electron chi connectivity index (χ4n) is 3.29. The summed E-state index contributed by atoms with van der Waals surface area (Å²) in [7, 11) is 0. The minimum absolute atomic E-state index is 0. The maximum Gasteiger partial charge on any atom is 0.136 e. The molecule has 2 aromatic heterocycles. The van der Waals surface area contributed by atoms with Crippen molar-refractivity contribution in [3.05, 3.63) is 36.3 Å². The molecule has 3 heterocycles. The largest absolute Gasteiger partial charge is 0.313 e. The molecule has 2 fully saturated rings. The monoisotopic (exact) mass is 306 g/mol. The van der Waals surface area contributed by atoms with Gasteiger partial charge in [-0.15, -0.1) is 12.4 Å². The van der Waals surface area contributed by atoms with Crippen LogP contribution in [0.2, 0.25) is 0 Å². The zero-order chi connectivity index (χ0) is 13.4. The van der Waals surface area contributed by atoms with Crippen LogP contribution in [0.4, 0.5) is 0 Å². The number of aromatic nitrogens is 2. The Bertz CT molecular complexity index is 587. The van der Waals surface area contributed by atoms with E-state index in [2.05, 4.69) is 37.9 Å². The van der Waals surface area contributed by atoms with Crippen molar-refractivity contribution < 1.29 is 0 Å². The minimum atomic E-state index is 0. The molecule has 1 aliphatic carbocycles. The molecular formula is C16H23ClN4. The topological polar surface area (TPSA) is 32.6 Å². The van der Waals surface area contributed by atoms with Crippen molar-refractivity contribution in [1.82, 2.24) is 19.6 Å². The van der Waals surface area contributed by atoms with E-state index in [9.17, 15) is 0 Å². The number of imidazole rings is 1. The summed E-state index contributed by atoms with van der Waals surface area (Å²) in [5, 5.41) is 3.62. The highest BCUT2D eigenvalue weighted by atomic mass is 35.5. The van der Waals surface area contributed by atoms with Gasteiger partial charge in [-0.05, 0) is 44.4 Å². The Morgan fingerprint density at radius 3 is 2.95 bits per heavy atom. The molecule has 5 heteroatoms. The predicted molar refractivity (Wildman–Crippen MR) is 86.9 cm³/mol. The minimum Gasteiger partial charge on any atom is -0.313 e. The SMILES string of the molecule is Cl.c1ccn2c(CN(CC3CCCN3)C3CC3)cnc2c1. The van der Waals surface area contributed by atoms with Crippen LogP contribution in [0.15, 0.2) is 30.6 Å². The molecule has 4 nitrogen and oxygen atoms in total. The molecule has 2 aliphatic rings. The van der Waals surface area contributed by atoms with Crippen LogP contribution in [0.1, 0.15) is 31.4 Å². The smallest absolute Gasteiger partial charge is 0.136 e. The third-order valence-corrected chi connectivity index (χ3v) is 4.54. The molecule has 1 atom stereocenters. The van der Waals surface area contributed by atoms with Crippen molar-refractivity contribution in [2.45, 2.75) is 44.3 Å². The van der Waals surface area contributed by atoms with E-state index < -0.39 is 0 Å². The van der Waals surface area contributed by atoms with E-state index in [4.69, 9.17) is 0 Å². The zero-order valence-electron chi connectivity index (χ0n) is 12.2. The maximum absolute atomic E-state index is 4.50. The van der Waals surface area contributed by atoms with Crippen molar-refractivity contribution in [2.75, 3.05) is 13.1 Å². The molecule has 1 saturated carbocycles. The first-order valence-corrected chi connectivity index (χ1v) is 7.78. The zero-order valence-corrected chi connectivity index (χ0v) is 13.1. The third-order valence-electron chi connectivity index (χ3n) is 4.54. The van der Waals surface area contributed by atoms with E-state index in [1.807, 2.05) is 12.3 Å². The van der Waals surface area contributed by atoms with Crippen LogP contribution < -0.4 is 5.32 Å². The number of nitrogens with one attached hydrogen (secondary N) is 1. The lowest BCUT2D eigenvalue weighted by Gasteiger charge is -2.25. The van der Waals surface area contributed by atoms with Crippen LogP contribution in [0.5, 0.6) is 0 Å². The lowest BCUT2D eigenvalue weighted by Crippen LogP contribution is -2.38. The van der Waals surface area contributed by atoms with Gasteiger partial charge in [-0.3, -0.25) is 4.90 Å². The summed E-state index contributed by atoms with van der Waals surface area (Å²) in [5.74, 6) is 0. The van der Waals surface area contributed by atoms with Crippen LogP contribution in [0, 0.1) is 0 Å². The quantitative estimate of drug-likeness (QED) is 0.921. The number of pyridine rings is 1. The number of hydrogen-bond donors (Lipinski definition) is 1. The molecule has 0 spiro atoms. The lowest BCUT2D eigenvalue weighted by molar-refractivity contribution is 0.228. The Hall–Kier alpha value is -1.10. The van der Waals surface area contributed by atoms with Gasteiger partial charge in [-0.25, -0.2) is 4.98 Å². The number of halogens is 1. The van der Waals surface area contributed by atoms with Gasteiger partial charge < -0.3 is 9.72 Å². The fraction of sp³-hybridized carbons (Fsp3) is 0.562. The Kier molecular flexibility index (Phi) is 4.48. The average molecular weight is 307 g/mol. The lowest BCUT2D eigenvalue weighted by atomic mass is 10.2. The first-order chi connectivity index (χ1) is 9.90. The van der Waals surface area contributed by atoms with Gasteiger partial charge in [0.15, 0.2) is 0 Å². The van der Waals surface area contributed by atoms with Gasteiger partial charge in [-0.2, -0.15) is 0 Å². The van der Waals surface area contributed by atoms with Crippen LogP contribution in [0.3, 0.4) is 0 Å². The van der Waals surface area contributed by atoms with Gasteiger partial charge in [0.05, 0.1) is 11.9 Å². The van der Waals surface area contributed by atoms with E-state index >= 15 is 0 Å². The standard InChI is InChI=1S/C16H22N4.ClH/c1-2-9-20-15(10-18-16(20)5-1)12-19(14-6-7-14)11-13-4-3-8-17-13;/h1-2,5,9-10,13-14,17H,3-4,6-8,11-12H2;1H. The summed E-state index contributed by atoms with van der Waals surface area (Å²) in [6.07, 6.45) is 9.55. The normalized spacial score (nSPS) is 21.9. The number of nitrogens with zero attached hydrogens (tertiary/aromatic N) is 3. The molecule has 4 rings (SSSR count). The summed E-state index contributed by atoms with van der Waals surface area (Å²) >= 11 is 0. The molecule has 1 N–H and O–H groups in total. The number of hydrogen-bond acceptors (Lipinski definition) is 3. The molecular weight excluding hydrogens is 284 g/mol. The molecule has 0 aromatic carbocycles. The molecule has 1 unspecified atom stereocenters. The summed E-state index contributed by atoms with van der Waals surface area (Å²) in [4.78, 5) is 7.16. The number of fused-ring (bicyclic) bond motifs is 1. The van der Waals surface area contributed by atoms with Crippen molar-refractivity contribution in [3.63, 3.8) is 0 Å². The van der Waals surface area contributed by atoms with Gasteiger partial charge >= 0.3 is 0 Å². The van der Waals surface area contributed by atoms with E-state index in [-0.39, 0.29) is 12.4 Å². The van der Waals surface area contributed by atoms with Crippen LogP contribution in [0.25, 0.3) is 5.65 Å². The van der Waals surface area contributed by atoms with Crippen molar-refractivity contribution in [1.29, 1.82) is 0 Å². The highest BCUT2D eigenvalue weighted by Crippen LogP contribution is 2.29. The average Bonchev–Trinajstić information content (AvgIpc) is 3.05. The Morgan fingerprint density at radius 1 is 1.29 bits per heavy atom. The van der Waals surface area contributed by atoms with Gasteiger partial charge in [-0.1, -0.05) is 6.07 Å². The van der Waals surface area contributed by atoms with E-state index in [1.165, 1.54) is 44.5 Å². The Morgan fingerprint density at radius 2 is 2.19 bits per heavy atom. The molecule has 2 aromatic rings. The molecule has 114 valence electrons. The molecule has 0 radical (unpaired) electrons. The summed E-state index contributed by atoms with van der Waals surface area (Å²) in [6, 6.07) is 7.69. The fourth-order valence-corrected chi connectivity index (χ4v) is 3.29. The summed E-state index contributed by atoms with van der Waals surface area (Å²) in [5.41, 5.74) is 2.36.